The lowest BCUT2D eigenvalue weighted by Crippen LogP contribution is -2.04. The van der Waals surface area contributed by atoms with Gasteiger partial charge in [-0.1, -0.05) is 68.1 Å². The standard InChI is InChI=1S/C18H27NO2/c1-4-5-6-7-8-18(20)21-19-14-16(3)13-17-11-9-15(2)10-12-17/h9-12,14,16H,4-8,13H2,1-3H3. The third-order valence-corrected chi connectivity index (χ3v) is 3.38. The molecule has 1 rings (SSSR count). The van der Waals surface area contributed by atoms with E-state index in [4.69, 9.17) is 4.84 Å². The first kappa shape index (κ1) is 17.4. The Balaban J connectivity index is 2.22. The highest BCUT2D eigenvalue weighted by Gasteiger charge is 2.03. The minimum atomic E-state index is -0.232. The molecule has 0 aliphatic heterocycles. The molecule has 0 saturated heterocycles. The molecule has 116 valence electrons. The molecular weight excluding hydrogens is 262 g/mol. The van der Waals surface area contributed by atoms with E-state index in [0.717, 1.165) is 19.3 Å². The second-order valence-corrected chi connectivity index (χ2v) is 5.70. The van der Waals surface area contributed by atoms with Gasteiger partial charge in [0.2, 0.25) is 0 Å². The highest BCUT2D eigenvalue weighted by molar-refractivity contribution is 5.70. The van der Waals surface area contributed by atoms with Crippen LogP contribution in [-0.2, 0) is 16.1 Å². The van der Waals surface area contributed by atoms with Crippen molar-refractivity contribution in [3.8, 4) is 0 Å². The lowest BCUT2D eigenvalue weighted by Gasteiger charge is -2.05. The summed E-state index contributed by atoms with van der Waals surface area (Å²) in [5, 5.41) is 3.81. The fourth-order valence-electron chi connectivity index (χ4n) is 2.08. The van der Waals surface area contributed by atoms with Crippen LogP contribution in [0.4, 0.5) is 0 Å². The molecular formula is C18H27NO2. The Labute approximate surface area is 128 Å². The van der Waals surface area contributed by atoms with Crippen LogP contribution in [0.25, 0.3) is 0 Å². The van der Waals surface area contributed by atoms with Crippen LogP contribution in [0.2, 0.25) is 0 Å². The minimum absolute atomic E-state index is 0.232. The van der Waals surface area contributed by atoms with Crippen molar-refractivity contribution >= 4 is 12.2 Å². The third-order valence-electron chi connectivity index (χ3n) is 3.38. The SMILES string of the molecule is CCCCCCC(=O)ON=CC(C)Cc1ccc(C)cc1. The number of aryl methyl sites for hydroxylation is 1. The van der Waals surface area contributed by atoms with Gasteiger partial charge in [0, 0.05) is 12.6 Å². The molecule has 0 aromatic heterocycles. The summed E-state index contributed by atoms with van der Waals surface area (Å²) >= 11 is 0. The maximum Gasteiger partial charge on any atom is 0.334 e. The summed E-state index contributed by atoms with van der Waals surface area (Å²) in [5.74, 6) is 0.0190. The largest absolute Gasteiger partial charge is 0.334 e. The molecule has 0 fully saturated rings. The summed E-state index contributed by atoms with van der Waals surface area (Å²) in [6, 6.07) is 8.46. The average Bonchev–Trinajstić information content (AvgIpc) is 2.46. The normalized spacial score (nSPS) is 12.5. The number of benzene rings is 1. The molecule has 21 heavy (non-hydrogen) atoms. The number of hydrogen-bond acceptors (Lipinski definition) is 3. The van der Waals surface area contributed by atoms with Crippen LogP contribution in [0.15, 0.2) is 29.4 Å². The van der Waals surface area contributed by atoms with Gasteiger partial charge in [-0.15, -0.1) is 0 Å². The topological polar surface area (TPSA) is 38.7 Å². The van der Waals surface area contributed by atoms with Gasteiger partial charge in [0.1, 0.15) is 0 Å². The zero-order chi connectivity index (χ0) is 15.5. The van der Waals surface area contributed by atoms with E-state index >= 15 is 0 Å². The van der Waals surface area contributed by atoms with E-state index in [1.807, 2.05) is 0 Å². The molecule has 0 aliphatic rings. The van der Waals surface area contributed by atoms with Gasteiger partial charge >= 0.3 is 5.97 Å². The lowest BCUT2D eigenvalue weighted by atomic mass is 10.0. The third kappa shape index (κ3) is 8.28. The van der Waals surface area contributed by atoms with E-state index in [9.17, 15) is 4.79 Å². The summed E-state index contributed by atoms with van der Waals surface area (Å²) in [6.07, 6.45) is 7.39. The highest BCUT2D eigenvalue weighted by Crippen LogP contribution is 2.09. The van der Waals surface area contributed by atoms with E-state index in [-0.39, 0.29) is 11.9 Å². The van der Waals surface area contributed by atoms with Crippen molar-refractivity contribution in [1.82, 2.24) is 0 Å². The summed E-state index contributed by atoms with van der Waals surface area (Å²) in [7, 11) is 0. The second kappa shape index (κ2) is 10.1. The Hall–Kier alpha value is -1.64. The summed E-state index contributed by atoms with van der Waals surface area (Å²) in [6.45, 7) is 6.30. The highest BCUT2D eigenvalue weighted by atomic mass is 16.7. The van der Waals surface area contributed by atoms with Crippen LogP contribution in [0.3, 0.4) is 0 Å². The summed E-state index contributed by atoms with van der Waals surface area (Å²) in [5.41, 5.74) is 2.53. The number of carbonyl (C=O) groups excluding carboxylic acids is 1. The van der Waals surface area contributed by atoms with Gasteiger partial charge in [-0.25, -0.2) is 4.79 Å². The Kier molecular flexibility index (Phi) is 8.41. The molecule has 0 bridgehead atoms. The van der Waals surface area contributed by atoms with Crippen molar-refractivity contribution in [3.05, 3.63) is 35.4 Å². The van der Waals surface area contributed by atoms with Crippen LogP contribution < -0.4 is 0 Å². The number of oxime groups is 1. The Morgan fingerprint density at radius 3 is 2.62 bits per heavy atom. The molecule has 1 unspecified atom stereocenters. The van der Waals surface area contributed by atoms with Crippen LogP contribution >= 0.6 is 0 Å². The molecule has 0 heterocycles. The Morgan fingerprint density at radius 2 is 1.95 bits per heavy atom. The number of carbonyl (C=O) groups is 1. The molecule has 0 radical (unpaired) electrons. The van der Waals surface area contributed by atoms with Gasteiger partial charge in [0.25, 0.3) is 0 Å². The predicted molar refractivity (Wildman–Crippen MR) is 87.4 cm³/mol. The van der Waals surface area contributed by atoms with E-state index in [1.165, 1.54) is 24.0 Å². The molecule has 0 aliphatic carbocycles. The molecule has 1 aromatic rings. The van der Waals surface area contributed by atoms with Crippen molar-refractivity contribution in [1.29, 1.82) is 0 Å². The first-order valence-electron chi connectivity index (χ1n) is 7.90. The van der Waals surface area contributed by atoms with Gasteiger partial charge in [-0.2, -0.15) is 0 Å². The summed E-state index contributed by atoms with van der Waals surface area (Å²) in [4.78, 5) is 16.3. The van der Waals surface area contributed by atoms with Gasteiger partial charge < -0.3 is 4.84 Å². The lowest BCUT2D eigenvalue weighted by molar-refractivity contribution is -0.143. The fourth-order valence-corrected chi connectivity index (χ4v) is 2.08. The van der Waals surface area contributed by atoms with Crippen molar-refractivity contribution in [2.24, 2.45) is 11.1 Å². The van der Waals surface area contributed by atoms with Crippen molar-refractivity contribution < 1.29 is 9.63 Å². The van der Waals surface area contributed by atoms with Gasteiger partial charge in [0.15, 0.2) is 0 Å². The monoisotopic (exact) mass is 289 g/mol. The zero-order valence-corrected chi connectivity index (χ0v) is 13.5. The van der Waals surface area contributed by atoms with E-state index in [2.05, 4.69) is 50.2 Å². The van der Waals surface area contributed by atoms with Crippen molar-refractivity contribution in [3.63, 3.8) is 0 Å². The minimum Gasteiger partial charge on any atom is -0.319 e. The Bertz CT molecular complexity index is 437. The average molecular weight is 289 g/mol. The van der Waals surface area contributed by atoms with Gasteiger partial charge in [-0.3, -0.25) is 0 Å². The van der Waals surface area contributed by atoms with E-state index < -0.39 is 0 Å². The molecule has 0 N–H and O–H groups in total. The predicted octanol–water partition coefficient (Wildman–Crippen LogP) is 4.67. The number of nitrogens with zero attached hydrogens (tertiary/aromatic N) is 1. The Morgan fingerprint density at radius 1 is 1.24 bits per heavy atom. The van der Waals surface area contributed by atoms with Crippen LogP contribution in [-0.4, -0.2) is 12.2 Å². The maximum atomic E-state index is 11.4. The second-order valence-electron chi connectivity index (χ2n) is 5.70. The molecule has 0 amide bonds. The molecule has 3 nitrogen and oxygen atoms in total. The number of rotatable bonds is 9. The molecule has 1 aromatic carbocycles. The molecule has 3 heteroatoms. The molecule has 1 atom stereocenters. The van der Waals surface area contributed by atoms with Gasteiger partial charge in [-0.05, 0) is 31.2 Å². The quantitative estimate of drug-likeness (QED) is 0.287. The number of hydrogen-bond donors (Lipinski definition) is 0. The van der Waals surface area contributed by atoms with Crippen molar-refractivity contribution in [2.45, 2.75) is 59.3 Å². The molecule has 0 spiro atoms. The molecule has 0 saturated carbocycles. The first-order chi connectivity index (χ1) is 10.1. The van der Waals surface area contributed by atoms with Crippen LogP contribution in [0.1, 0.15) is 57.1 Å². The smallest absolute Gasteiger partial charge is 0.319 e. The van der Waals surface area contributed by atoms with E-state index in [1.54, 1.807) is 6.21 Å². The van der Waals surface area contributed by atoms with Gasteiger partial charge in [0.05, 0.1) is 0 Å². The van der Waals surface area contributed by atoms with Crippen molar-refractivity contribution in [2.75, 3.05) is 0 Å². The number of unbranched alkanes of at least 4 members (excludes halogenated alkanes) is 3. The van der Waals surface area contributed by atoms with Crippen LogP contribution in [0, 0.1) is 12.8 Å². The zero-order valence-electron chi connectivity index (χ0n) is 13.5. The summed E-state index contributed by atoms with van der Waals surface area (Å²) < 4.78 is 0. The first-order valence-corrected chi connectivity index (χ1v) is 7.90. The van der Waals surface area contributed by atoms with Crippen LogP contribution in [0.5, 0.6) is 0 Å². The maximum absolute atomic E-state index is 11.4. The fraction of sp³-hybridized carbons (Fsp3) is 0.556. The van der Waals surface area contributed by atoms with E-state index in [0.29, 0.717) is 6.42 Å².